The molecular formula is C25H31N3O4. The highest BCUT2D eigenvalue weighted by atomic mass is 16.5. The lowest BCUT2D eigenvalue weighted by Crippen LogP contribution is -2.42. The molecule has 0 aliphatic carbocycles. The number of benzene rings is 1. The first-order chi connectivity index (χ1) is 15.6. The van der Waals surface area contributed by atoms with Crippen LogP contribution in [0, 0.1) is 0 Å². The van der Waals surface area contributed by atoms with E-state index in [0.29, 0.717) is 18.1 Å². The molecule has 0 bridgehead atoms. The van der Waals surface area contributed by atoms with Crippen LogP contribution in [0.1, 0.15) is 22.4 Å². The van der Waals surface area contributed by atoms with E-state index in [1.165, 1.54) is 11.1 Å². The summed E-state index contributed by atoms with van der Waals surface area (Å²) in [5.74, 6) is 0.200. The molecule has 2 aromatic rings. The van der Waals surface area contributed by atoms with Crippen molar-refractivity contribution in [3.8, 4) is 5.88 Å². The van der Waals surface area contributed by atoms with Gasteiger partial charge in [0.25, 0.3) is 0 Å². The van der Waals surface area contributed by atoms with Crippen LogP contribution >= 0.6 is 0 Å². The maximum Gasteiger partial charge on any atom is 0.246 e. The Kier molecular flexibility index (Phi) is 8.98. The Morgan fingerprint density at radius 3 is 2.91 bits per heavy atom. The summed E-state index contributed by atoms with van der Waals surface area (Å²) in [6, 6.07) is 12.0. The number of carbonyl (C=O) groups is 1. The molecule has 1 amide bonds. The minimum absolute atomic E-state index is 0.118. The molecule has 7 heteroatoms. The van der Waals surface area contributed by atoms with Gasteiger partial charge in [0.15, 0.2) is 0 Å². The van der Waals surface area contributed by atoms with Gasteiger partial charge in [-0.15, -0.1) is 0 Å². The van der Waals surface area contributed by atoms with Gasteiger partial charge in [0, 0.05) is 32.2 Å². The van der Waals surface area contributed by atoms with Crippen molar-refractivity contribution in [2.45, 2.75) is 25.7 Å². The molecule has 2 N–H and O–H groups in total. The number of nitrogens with zero attached hydrogens (tertiary/aromatic N) is 2. The molecule has 0 unspecified atom stereocenters. The number of allylic oxidation sites excluding steroid dienone is 2. The van der Waals surface area contributed by atoms with Gasteiger partial charge in [0.05, 0.1) is 25.5 Å². The standard InChI is InChI=1S/C25H31N3O4/c1-3-4-7-20-10-11-25(31-2)27-23(20)17-32-18-24(30)26-14-22(29)16-28-13-12-19-8-5-6-9-21(19)15-28/h3-11,22,29H,1,12-18H2,2H3,(H,26,30)/b7-4-/t22-/m0/s1. The smallest absolute Gasteiger partial charge is 0.246 e. The maximum atomic E-state index is 12.1. The Labute approximate surface area is 189 Å². The number of ether oxygens (including phenoxy) is 2. The first-order valence-electron chi connectivity index (χ1n) is 10.7. The second-order valence-corrected chi connectivity index (χ2v) is 7.69. The summed E-state index contributed by atoms with van der Waals surface area (Å²) in [5.41, 5.74) is 4.21. The van der Waals surface area contributed by atoms with E-state index >= 15 is 0 Å². The SMILES string of the molecule is C=C/C=C\c1ccc(OC)nc1COCC(=O)NC[C@H](O)CN1CCc2ccccc2C1. The van der Waals surface area contributed by atoms with Crippen LogP contribution in [0.4, 0.5) is 0 Å². The van der Waals surface area contributed by atoms with Crippen molar-refractivity contribution in [2.75, 3.05) is 33.4 Å². The monoisotopic (exact) mass is 437 g/mol. The van der Waals surface area contributed by atoms with E-state index in [4.69, 9.17) is 9.47 Å². The molecule has 2 heterocycles. The second-order valence-electron chi connectivity index (χ2n) is 7.69. The molecular weight excluding hydrogens is 406 g/mol. The molecule has 0 saturated heterocycles. The van der Waals surface area contributed by atoms with E-state index in [1.54, 1.807) is 19.3 Å². The molecule has 7 nitrogen and oxygen atoms in total. The third-order valence-electron chi connectivity index (χ3n) is 5.29. The van der Waals surface area contributed by atoms with Gasteiger partial charge >= 0.3 is 0 Å². The molecule has 1 aromatic carbocycles. The number of aromatic nitrogens is 1. The topological polar surface area (TPSA) is 83.9 Å². The largest absolute Gasteiger partial charge is 0.481 e. The number of amides is 1. The molecule has 32 heavy (non-hydrogen) atoms. The Bertz CT molecular complexity index is 945. The van der Waals surface area contributed by atoms with E-state index in [0.717, 1.165) is 25.1 Å². The van der Waals surface area contributed by atoms with Crippen LogP contribution in [0.3, 0.4) is 0 Å². The lowest BCUT2D eigenvalue weighted by Gasteiger charge is -2.30. The number of fused-ring (bicyclic) bond motifs is 1. The van der Waals surface area contributed by atoms with Gasteiger partial charge < -0.3 is 19.9 Å². The molecule has 170 valence electrons. The number of aliphatic hydroxyl groups excluding tert-OH is 1. The fourth-order valence-corrected chi connectivity index (χ4v) is 3.64. The minimum Gasteiger partial charge on any atom is -0.481 e. The molecule has 0 spiro atoms. The number of β-amino-alcohol motifs (C(OH)–C–C–N with tert-alkyl or cyclic N) is 1. The average Bonchev–Trinajstić information content (AvgIpc) is 2.81. The van der Waals surface area contributed by atoms with Gasteiger partial charge in [-0.2, -0.15) is 0 Å². The number of hydrogen-bond acceptors (Lipinski definition) is 6. The zero-order valence-corrected chi connectivity index (χ0v) is 18.5. The summed E-state index contributed by atoms with van der Waals surface area (Å²) >= 11 is 0. The van der Waals surface area contributed by atoms with Crippen molar-refractivity contribution < 1.29 is 19.4 Å². The van der Waals surface area contributed by atoms with Crippen molar-refractivity contribution >= 4 is 12.0 Å². The van der Waals surface area contributed by atoms with E-state index in [1.807, 2.05) is 24.3 Å². The Morgan fingerprint density at radius 1 is 1.31 bits per heavy atom. The second kappa shape index (κ2) is 12.1. The fourth-order valence-electron chi connectivity index (χ4n) is 3.64. The van der Waals surface area contributed by atoms with Crippen molar-refractivity contribution in [2.24, 2.45) is 0 Å². The predicted octanol–water partition coefficient (Wildman–Crippen LogP) is 2.34. The molecule has 1 aliphatic rings. The van der Waals surface area contributed by atoms with E-state index in [2.05, 4.69) is 40.0 Å². The van der Waals surface area contributed by atoms with Crippen molar-refractivity contribution in [1.29, 1.82) is 0 Å². The zero-order chi connectivity index (χ0) is 22.8. The van der Waals surface area contributed by atoms with Gasteiger partial charge in [0.2, 0.25) is 11.8 Å². The Balaban J connectivity index is 1.40. The fraction of sp³-hybridized carbons (Fsp3) is 0.360. The van der Waals surface area contributed by atoms with Crippen LogP contribution in [0.5, 0.6) is 5.88 Å². The quantitative estimate of drug-likeness (QED) is 0.525. The van der Waals surface area contributed by atoms with Crippen LogP contribution in [0.2, 0.25) is 0 Å². The third-order valence-corrected chi connectivity index (χ3v) is 5.29. The summed E-state index contributed by atoms with van der Waals surface area (Å²) in [4.78, 5) is 18.7. The highest BCUT2D eigenvalue weighted by Gasteiger charge is 2.18. The minimum atomic E-state index is -0.639. The number of pyridine rings is 1. The van der Waals surface area contributed by atoms with Crippen LogP contribution in [0.25, 0.3) is 6.08 Å². The highest BCUT2D eigenvalue weighted by molar-refractivity contribution is 5.77. The summed E-state index contributed by atoms with van der Waals surface area (Å²) < 4.78 is 10.7. The molecule has 0 fully saturated rings. The predicted molar refractivity (Wildman–Crippen MR) is 124 cm³/mol. The van der Waals surface area contributed by atoms with Crippen LogP contribution in [0.15, 0.2) is 55.1 Å². The molecule has 0 saturated carbocycles. The normalized spacial score (nSPS) is 14.7. The summed E-state index contributed by atoms with van der Waals surface area (Å²) in [6.07, 6.45) is 5.69. The van der Waals surface area contributed by atoms with Gasteiger partial charge in [0.1, 0.15) is 6.61 Å². The average molecular weight is 438 g/mol. The number of hydrogen-bond donors (Lipinski definition) is 2. The van der Waals surface area contributed by atoms with Gasteiger partial charge in [-0.1, -0.05) is 49.1 Å². The third kappa shape index (κ3) is 7.02. The van der Waals surface area contributed by atoms with Gasteiger partial charge in [-0.05, 0) is 29.2 Å². The highest BCUT2D eigenvalue weighted by Crippen LogP contribution is 2.18. The Hall–Kier alpha value is -3.00. The molecule has 0 radical (unpaired) electrons. The lowest BCUT2D eigenvalue weighted by molar-refractivity contribution is -0.126. The lowest BCUT2D eigenvalue weighted by atomic mass is 10.00. The van der Waals surface area contributed by atoms with Gasteiger partial charge in [-0.25, -0.2) is 4.98 Å². The maximum absolute atomic E-state index is 12.1. The van der Waals surface area contributed by atoms with Crippen molar-refractivity contribution in [3.63, 3.8) is 0 Å². The van der Waals surface area contributed by atoms with Crippen LogP contribution in [-0.2, 0) is 29.1 Å². The first kappa shape index (κ1) is 23.7. The Morgan fingerprint density at radius 2 is 2.12 bits per heavy atom. The zero-order valence-electron chi connectivity index (χ0n) is 18.5. The molecule has 1 atom stereocenters. The summed E-state index contributed by atoms with van der Waals surface area (Å²) in [6.45, 7) is 6.14. The number of aliphatic hydroxyl groups is 1. The number of carbonyl (C=O) groups excluding carboxylic acids is 1. The van der Waals surface area contributed by atoms with E-state index < -0.39 is 6.10 Å². The van der Waals surface area contributed by atoms with E-state index in [9.17, 15) is 9.90 Å². The van der Waals surface area contributed by atoms with E-state index in [-0.39, 0.29) is 25.7 Å². The first-order valence-corrected chi connectivity index (χ1v) is 10.7. The molecule has 1 aromatic heterocycles. The summed E-state index contributed by atoms with van der Waals surface area (Å²) in [7, 11) is 1.55. The van der Waals surface area contributed by atoms with Crippen LogP contribution in [-0.4, -0.2) is 60.4 Å². The van der Waals surface area contributed by atoms with Crippen molar-refractivity contribution in [3.05, 3.63) is 77.5 Å². The van der Waals surface area contributed by atoms with Gasteiger partial charge in [-0.3, -0.25) is 9.69 Å². The number of nitrogens with one attached hydrogen (secondary N) is 1. The molecule has 1 aliphatic heterocycles. The van der Waals surface area contributed by atoms with Crippen molar-refractivity contribution in [1.82, 2.24) is 15.2 Å². The van der Waals surface area contributed by atoms with Crippen LogP contribution < -0.4 is 10.1 Å². The summed E-state index contributed by atoms with van der Waals surface area (Å²) in [5, 5.41) is 13.1. The molecule has 3 rings (SSSR count). The number of rotatable bonds is 11. The number of methoxy groups -OCH3 is 1.